The molecule has 5 heteroatoms. The van der Waals surface area contributed by atoms with Crippen LogP contribution < -0.4 is 5.32 Å². The number of benzene rings is 2. The van der Waals surface area contributed by atoms with E-state index in [1.54, 1.807) is 0 Å². The molecular weight excluding hydrogens is 314 g/mol. The van der Waals surface area contributed by atoms with Crippen molar-refractivity contribution >= 4 is 5.91 Å². The molecule has 0 spiro atoms. The second kappa shape index (κ2) is 8.24. The van der Waals surface area contributed by atoms with Crippen molar-refractivity contribution in [2.45, 2.75) is 32.7 Å². The number of carbonyl (C=O) groups is 1. The van der Waals surface area contributed by atoms with Gasteiger partial charge in [0.15, 0.2) is 0 Å². The van der Waals surface area contributed by atoms with Crippen molar-refractivity contribution in [3.8, 4) is 11.5 Å². The van der Waals surface area contributed by atoms with Crippen molar-refractivity contribution < 1.29 is 9.21 Å². The zero-order chi connectivity index (χ0) is 17.5. The monoisotopic (exact) mass is 335 g/mol. The Hall–Kier alpha value is -2.95. The smallest absolute Gasteiger partial charge is 0.247 e. The Morgan fingerprint density at radius 3 is 2.44 bits per heavy atom. The predicted molar refractivity (Wildman–Crippen MR) is 95.7 cm³/mol. The summed E-state index contributed by atoms with van der Waals surface area (Å²) >= 11 is 0. The Morgan fingerprint density at radius 1 is 1.00 bits per heavy atom. The van der Waals surface area contributed by atoms with Gasteiger partial charge < -0.3 is 9.73 Å². The summed E-state index contributed by atoms with van der Waals surface area (Å²) in [6.45, 7) is 2.37. The zero-order valence-electron chi connectivity index (χ0n) is 14.2. The van der Waals surface area contributed by atoms with E-state index < -0.39 is 0 Å². The SMILES string of the molecule is CCc1ccc(CCC(=O)NCc2nnc(-c3ccccc3)o2)cc1. The summed E-state index contributed by atoms with van der Waals surface area (Å²) in [5.74, 6) is 0.833. The van der Waals surface area contributed by atoms with Crippen LogP contribution in [0.1, 0.15) is 30.4 Å². The Bertz CT molecular complexity index is 810. The van der Waals surface area contributed by atoms with Crippen LogP contribution >= 0.6 is 0 Å². The van der Waals surface area contributed by atoms with Crippen LogP contribution in [0.3, 0.4) is 0 Å². The first-order chi connectivity index (χ1) is 12.2. The lowest BCUT2D eigenvalue weighted by molar-refractivity contribution is -0.121. The van der Waals surface area contributed by atoms with Gasteiger partial charge in [0.2, 0.25) is 17.7 Å². The molecular formula is C20H21N3O2. The van der Waals surface area contributed by atoms with Gasteiger partial charge in [-0.15, -0.1) is 10.2 Å². The summed E-state index contributed by atoms with van der Waals surface area (Å²) in [7, 11) is 0. The van der Waals surface area contributed by atoms with Gasteiger partial charge in [0.25, 0.3) is 0 Å². The van der Waals surface area contributed by atoms with Crippen molar-refractivity contribution in [1.82, 2.24) is 15.5 Å². The molecule has 0 saturated heterocycles. The van der Waals surface area contributed by atoms with Gasteiger partial charge in [-0.05, 0) is 36.1 Å². The van der Waals surface area contributed by atoms with Gasteiger partial charge in [0.1, 0.15) is 0 Å². The van der Waals surface area contributed by atoms with Crippen LogP contribution in [0.2, 0.25) is 0 Å². The van der Waals surface area contributed by atoms with Crippen LogP contribution in [0.25, 0.3) is 11.5 Å². The van der Waals surface area contributed by atoms with Crippen molar-refractivity contribution in [2.24, 2.45) is 0 Å². The summed E-state index contributed by atoms with van der Waals surface area (Å²) in [5, 5.41) is 10.8. The maximum absolute atomic E-state index is 12.0. The summed E-state index contributed by atoms with van der Waals surface area (Å²) < 4.78 is 5.57. The number of amides is 1. The topological polar surface area (TPSA) is 68.0 Å². The van der Waals surface area contributed by atoms with E-state index in [4.69, 9.17) is 4.42 Å². The minimum atomic E-state index is -0.0287. The van der Waals surface area contributed by atoms with Crippen LogP contribution in [-0.4, -0.2) is 16.1 Å². The first kappa shape index (κ1) is 16.9. The fourth-order valence-corrected chi connectivity index (χ4v) is 2.48. The second-order valence-corrected chi connectivity index (χ2v) is 5.81. The predicted octanol–water partition coefficient (Wildman–Crippen LogP) is 3.55. The normalized spacial score (nSPS) is 10.6. The molecule has 2 aromatic carbocycles. The molecule has 0 aliphatic carbocycles. The first-order valence-corrected chi connectivity index (χ1v) is 8.47. The number of hydrogen-bond acceptors (Lipinski definition) is 4. The molecule has 1 heterocycles. The quantitative estimate of drug-likeness (QED) is 0.717. The molecule has 1 aromatic heterocycles. The van der Waals surface area contributed by atoms with E-state index in [1.807, 2.05) is 30.3 Å². The lowest BCUT2D eigenvalue weighted by Gasteiger charge is -2.04. The lowest BCUT2D eigenvalue weighted by atomic mass is 10.1. The largest absolute Gasteiger partial charge is 0.419 e. The Morgan fingerprint density at radius 2 is 1.72 bits per heavy atom. The summed E-state index contributed by atoms with van der Waals surface area (Å²) in [6, 6.07) is 17.9. The molecule has 0 radical (unpaired) electrons. The highest BCUT2D eigenvalue weighted by Gasteiger charge is 2.09. The van der Waals surface area contributed by atoms with Crippen molar-refractivity contribution in [3.63, 3.8) is 0 Å². The van der Waals surface area contributed by atoms with Crippen molar-refractivity contribution in [3.05, 3.63) is 71.6 Å². The van der Waals surface area contributed by atoms with Gasteiger partial charge in [-0.1, -0.05) is 49.4 Å². The highest BCUT2D eigenvalue weighted by Crippen LogP contribution is 2.16. The molecule has 0 aliphatic heterocycles. The summed E-state index contributed by atoms with van der Waals surface area (Å²) in [4.78, 5) is 12.0. The second-order valence-electron chi connectivity index (χ2n) is 5.81. The zero-order valence-corrected chi connectivity index (χ0v) is 14.2. The molecule has 0 fully saturated rings. The third-order valence-electron chi connectivity index (χ3n) is 4.00. The Labute approximate surface area is 147 Å². The molecule has 1 N–H and O–H groups in total. The molecule has 3 aromatic rings. The van der Waals surface area contributed by atoms with E-state index in [2.05, 4.69) is 46.7 Å². The van der Waals surface area contributed by atoms with Crippen LogP contribution in [0.5, 0.6) is 0 Å². The van der Waals surface area contributed by atoms with E-state index in [9.17, 15) is 4.79 Å². The van der Waals surface area contributed by atoms with E-state index in [-0.39, 0.29) is 12.5 Å². The first-order valence-electron chi connectivity index (χ1n) is 8.47. The number of nitrogens with one attached hydrogen (secondary N) is 1. The average Bonchev–Trinajstić information content (AvgIpc) is 3.15. The third-order valence-corrected chi connectivity index (χ3v) is 4.00. The average molecular weight is 335 g/mol. The molecule has 25 heavy (non-hydrogen) atoms. The van der Waals surface area contributed by atoms with E-state index in [0.717, 1.165) is 24.0 Å². The molecule has 0 bridgehead atoms. The van der Waals surface area contributed by atoms with Gasteiger partial charge >= 0.3 is 0 Å². The van der Waals surface area contributed by atoms with Crippen LogP contribution in [-0.2, 0) is 24.2 Å². The van der Waals surface area contributed by atoms with E-state index in [1.165, 1.54) is 5.56 Å². The number of aryl methyl sites for hydroxylation is 2. The molecule has 0 unspecified atom stereocenters. The summed E-state index contributed by atoms with van der Waals surface area (Å²) in [5.41, 5.74) is 3.33. The van der Waals surface area contributed by atoms with Crippen LogP contribution in [0.4, 0.5) is 0 Å². The third kappa shape index (κ3) is 4.76. The number of aromatic nitrogens is 2. The highest BCUT2D eigenvalue weighted by atomic mass is 16.4. The molecule has 128 valence electrons. The Kier molecular flexibility index (Phi) is 5.57. The molecule has 3 rings (SSSR count). The minimum Gasteiger partial charge on any atom is -0.419 e. The van der Waals surface area contributed by atoms with E-state index in [0.29, 0.717) is 18.2 Å². The van der Waals surface area contributed by atoms with Gasteiger partial charge in [0, 0.05) is 12.0 Å². The number of hydrogen-bond donors (Lipinski definition) is 1. The van der Waals surface area contributed by atoms with Crippen LogP contribution in [0.15, 0.2) is 59.0 Å². The maximum Gasteiger partial charge on any atom is 0.247 e. The molecule has 0 atom stereocenters. The van der Waals surface area contributed by atoms with Crippen molar-refractivity contribution in [1.29, 1.82) is 0 Å². The number of rotatable bonds is 7. The molecule has 0 aliphatic rings. The minimum absolute atomic E-state index is 0.0287. The van der Waals surface area contributed by atoms with Gasteiger partial charge in [-0.25, -0.2) is 0 Å². The fraction of sp³-hybridized carbons (Fsp3) is 0.250. The highest BCUT2D eigenvalue weighted by molar-refractivity contribution is 5.76. The maximum atomic E-state index is 12.0. The van der Waals surface area contributed by atoms with Gasteiger partial charge in [-0.3, -0.25) is 4.79 Å². The van der Waals surface area contributed by atoms with E-state index >= 15 is 0 Å². The van der Waals surface area contributed by atoms with Crippen LogP contribution in [0, 0.1) is 0 Å². The van der Waals surface area contributed by atoms with Gasteiger partial charge in [0.05, 0.1) is 6.54 Å². The fourth-order valence-electron chi connectivity index (χ4n) is 2.48. The molecule has 5 nitrogen and oxygen atoms in total. The standard InChI is InChI=1S/C20H21N3O2/c1-2-15-8-10-16(11-9-15)12-13-18(24)21-14-19-22-23-20(25-19)17-6-4-3-5-7-17/h3-11H,2,12-14H2,1H3,(H,21,24). The van der Waals surface area contributed by atoms with Gasteiger partial charge in [-0.2, -0.15) is 0 Å². The number of nitrogens with zero attached hydrogens (tertiary/aromatic N) is 2. The molecule has 0 saturated carbocycles. The molecule has 1 amide bonds. The number of carbonyl (C=O) groups excluding carboxylic acids is 1. The van der Waals surface area contributed by atoms with Crippen molar-refractivity contribution in [2.75, 3.05) is 0 Å². The lowest BCUT2D eigenvalue weighted by Crippen LogP contribution is -2.23. The summed E-state index contributed by atoms with van der Waals surface area (Å²) in [6.07, 6.45) is 2.18. The Balaban J connectivity index is 1.46.